The van der Waals surface area contributed by atoms with Crippen molar-refractivity contribution >= 4 is 35.0 Å². The molecule has 1 unspecified atom stereocenters. The minimum Gasteiger partial charge on any atom is -0.494 e. The highest BCUT2D eigenvalue weighted by atomic mass is 32.2. The number of benzene rings is 3. The second-order valence-corrected chi connectivity index (χ2v) is 9.23. The van der Waals surface area contributed by atoms with Crippen molar-refractivity contribution in [3.05, 3.63) is 83.9 Å². The lowest BCUT2D eigenvalue weighted by Crippen LogP contribution is -2.22. The molecule has 5 nitrogen and oxygen atoms in total. The van der Waals surface area contributed by atoms with Crippen molar-refractivity contribution in [2.45, 2.75) is 43.8 Å². The third-order valence-corrected chi connectivity index (χ3v) is 6.11. The Balaban J connectivity index is 1.49. The zero-order valence-electron chi connectivity index (χ0n) is 19.3. The number of carbonyl (C=O) groups excluding carboxylic acids is 2. The molecule has 2 amide bonds. The first-order valence-electron chi connectivity index (χ1n) is 11.1. The van der Waals surface area contributed by atoms with Gasteiger partial charge in [-0.2, -0.15) is 0 Å². The van der Waals surface area contributed by atoms with Crippen molar-refractivity contribution in [3.63, 3.8) is 0 Å². The van der Waals surface area contributed by atoms with Crippen LogP contribution in [0.1, 0.15) is 42.6 Å². The molecule has 3 aromatic rings. The molecule has 0 heterocycles. The Hall–Kier alpha value is -3.25. The Morgan fingerprint density at radius 2 is 1.48 bits per heavy atom. The van der Waals surface area contributed by atoms with Crippen molar-refractivity contribution in [3.8, 4) is 5.75 Å². The summed E-state index contributed by atoms with van der Waals surface area (Å²) in [7, 11) is 0. The van der Waals surface area contributed by atoms with Crippen molar-refractivity contribution in [1.29, 1.82) is 0 Å². The van der Waals surface area contributed by atoms with E-state index in [0.29, 0.717) is 17.9 Å². The number of hydrogen-bond donors (Lipinski definition) is 2. The minimum absolute atomic E-state index is 0.0728. The highest BCUT2D eigenvalue weighted by molar-refractivity contribution is 8.00. The van der Waals surface area contributed by atoms with Gasteiger partial charge in [-0.15, -0.1) is 11.8 Å². The van der Waals surface area contributed by atoms with Crippen LogP contribution in [-0.4, -0.2) is 23.7 Å². The zero-order valence-corrected chi connectivity index (χ0v) is 20.1. The predicted molar refractivity (Wildman–Crippen MR) is 136 cm³/mol. The fourth-order valence-corrected chi connectivity index (χ4v) is 3.86. The van der Waals surface area contributed by atoms with Crippen LogP contribution in [0.15, 0.2) is 77.7 Å². The molecule has 0 radical (unpaired) electrons. The second kappa shape index (κ2) is 12.1. The lowest BCUT2D eigenvalue weighted by Gasteiger charge is -2.13. The number of aryl methyl sites for hydroxylation is 1. The summed E-state index contributed by atoms with van der Waals surface area (Å²) in [5.41, 5.74) is 3.18. The molecular weight excluding hydrogens is 432 g/mol. The summed E-state index contributed by atoms with van der Waals surface area (Å²) in [4.78, 5) is 25.9. The van der Waals surface area contributed by atoms with Gasteiger partial charge >= 0.3 is 0 Å². The zero-order chi connectivity index (χ0) is 23.6. The average molecular weight is 463 g/mol. The first-order chi connectivity index (χ1) is 15.9. The molecule has 2 N–H and O–H groups in total. The monoisotopic (exact) mass is 462 g/mol. The molecule has 0 aliphatic carbocycles. The van der Waals surface area contributed by atoms with E-state index in [1.807, 2.05) is 86.6 Å². The van der Waals surface area contributed by atoms with E-state index in [2.05, 4.69) is 17.6 Å². The lowest BCUT2D eigenvalue weighted by molar-refractivity contribution is -0.115. The van der Waals surface area contributed by atoms with Gasteiger partial charge in [-0.3, -0.25) is 9.59 Å². The Morgan fingerprint density at radius 1 is 0.879 bits per heavy atom. The van der Waals surface area contributed by atoms with E-state index < -0.39 is 0 Å². The normalized spacial score (nSPS) is 11.5. The summed E-state index contributed by atoms with van der Waals surface area (Å²) in [6.45, 7) is 6.68. The fraction of sp³-hybridized carbons (Fsp3) is 0.259. The van der Waals surface area contributed by atoms with Crippen molar-refractivity contribution < 1.29 is 14.3 Å². The van der Waals surface area contributed by atoms with Gasteiger partial charge in [0.15, 0.2) is 0 Å². The number of carbonyl (C=O) groups is 2. The highest BCUT2D eigenvalue weighted by Crippen LogP contribution is 2.26. The maximum Gasteiger partial charge on any atom is 0.255 e. The van der Waals surface area contributed by atoms with Crippen LogP contribution in [0, 0.1) is 6.92 Å². The topological polar surface area (TPSA) is 67.4 Å². The molecule has 0 aliphatic heterocycles. The maximum absolute atomic E-state index is 12.6. The fourth-order valence-electron chi connectivity index (χ4n) is 3.00. The maximum atomic E-state index is 12.6. The number of ether oxygens (including phenoxy) is 1. The van der Waals surface area contributed by atoms with Crippen LogP contribution in [0.5, 0.6) is 5.75 Å². The first kappa shape index (κ1) is 24.4. The summed E-state index contributed by atoms with van der Waals surface area (Å²) < 4.78 is 5.65. The summed E-state index contributed by atoms with van der Waals surface area (Å²) in [5, 5.41) is 5.56. The Labute approximate surface area is 199 Å². The number of rotatable bonds is 10. The molecule has 3 aromatic carbocycles. The van der Waals surface area contributed by atoms with E-state index in [1.165, 1.54) is 11.8 Å². The molecule has 3 rings (SSSR count). The summed E-state index contributed by atoms with van der Waals surface area (Å²) in [6.07, 6.45) is 2.11. The van der Waals surface area contributed by atoms with Crippen molar-refractivity contribution in [2.75, 3.05) is 17.2 Å². The van der Waals surface area contributed by atoms with E-state index >= 15 is 0 Å². The molecule has 0 saturated heterocycles. The van der Waals surface area contributed by atoms with Gasteiger partial charge in [-0.1, -0.05) is 31.0 Å². The SMILES string of the molecule is CCCCOc1ccc(NC(=O)C(C)Sc2ccc(NC(=O)c3ccc(C)cc3)cc2)cc1. The molecular formula is C27H30N2O3S. The van der Waals surface area contributed by atoms with Gasteiger partial charge in [0.05, 0.1) is 11.9 Å². The summed E-state index contributed by atoms with van der Waals surface area (Å²) >= 11 is 1.46. The molecule has 33 heavy (non-hydrogen) atoms. The van der Waals surface area contributed by atoms with Crippen LogP contribution in [0.25, 0.3) is 0 Å². The minimum atomic E-state index is -0.279. The van der Waals surface area contributed by atoms with E-state index in [0.717, 1.165) is 34.7 Å². The molecule has 0 spiro atoms. The smallest absolute Gasteiger partial charge is 0.255 e. The van der Waals surface area contributed by atoms with Crippen molar-refractivity contribution in [2.24, 2.45) is 0 Å². The molecule has 6 heteroatoms. The first-order valence-corrected chi connectivity index (χ1v) is 12.0. The van der Waals surface area contributed by atoms with Gasteiger partial charge in [0.2, 0.25) is 5.91 Å². The standard InChI is InChI=1S/C27H30N2O3S/c1-4-5-18-32-24-14-10-22(11-15-24)28-26(30)20(3)33-25-16-12-23(13-17-25)29-27(31)21-8-6-19(2)7-9-21/h6-17,20H,4-5,18H2,1-3H3,(H,28,30)(H,29,31). The number of hydrogen-bond acceptors (Lipinski definition) is 4. The molecule has 172 valence electrons. The van der Waals surface area contributed by atoms with Gasteiger partial charge in [0.25, 0.3) is 5.91 Å². The average Bonchev–Trinajstić information content (AvgIpc) is 2.82. The highest BCUT2D eigenvalue weighted by Gasteiger charge is 2.15. The molecule has 0 aromatic heterocycles. The predicted octanol–water partition coefficient (Wildman–Crippen LogP) is 6.55. The Bertz CT molecular complexity index is 1050. The third-order valence-electron chi connectivity index (χ3n) is 5.00. The number of thioether (sulfide) groups is 1. The van der Waals surface area contributed by atoms with Crippen LogP contribution in [0.3, 0.4) is 0 Å². The Morgan fingerprint density at radius 3 is 2.12 bits per heavy atom. The van der Waals surface area contributed by atoms with E-state index in [-0.39, 0.29) is 17.1 Å². The Kier molecular flexibility index (Phi) is 8.95. The summed E-state index contributed by atoms with van der Waals surface area (Å²) in [6, 6.07) is 22.4. The quantitative estimate of drug-likeness (QED) is 0.265. The lowest BCUT2D eigenvalue weighted by atomic mass is 10.1. The third kappa shape index (κ3) is 7.68. The molecule has 1 atom stereocenters. The molecule has 0 fully saturated rings. The largest absolute Gasteiger partial charge is 0.494 e. The van der Waals surface area contributed by atoms with E-state index in [1.54, 1.807) is 0 Å². The molecule has 0 saturated carbocycles. The van der Waals surface area contributed by atoms with E-state index in [9.17, 15) is 9.59 Å². The summed E-state index contributed by atoms with van der Waals surface area (Å²) in [5.74, 6) is 0.583. The van der Waals surface area contributed by atoms with E-state index in [4.69, 9.17) is 4.74 Å². The number of unbranched alkanes of at least 4 members (excludes halogenated alkanes) is 1. The number of anilines is 2. The van der Waals surface area contributed by atoms with Crippen LogP contribution in [-0.2, 0) is 4.79 Å². The van der Waals surface area contributed by atoms with Gasteiger partial charge < -0.3 is 15.4 Å². The number of amides is 2. The second-order valence-electron chi connectivity index (χ2n) is 7.82. The van der Waals surface area contributed by atoms with Gasteiger partial charge in [0, 0.05) is 21.8 Å². The van der Waals surface area contributed by atoms with Gasteiger partial charge in [-0.05, 0) is 80.9 Å². The van der Waals surface area contributed by atoms with Gasteiger partial charge in [0.1, 0.15) is 5.75 Å². The van der Waals surface area contributed by atoms with Crippen LogP contribution >= 0.6 is 11.8 Å². The molecule has 0 bridgehead atoms. The van der Waals surface area contributed by atoms with Gasteiger partial charge in [-0.25, -0.2) is 0 Å². The van der Waals surface area contributed by atoms with Crippen molar-refractivity contribution in [1.82, 2.24) is 0 Å². The van der Waals surface area contributed by atoms with Crippen LogP contribution < -0.4 is 15.4 Å². The molecule has 0 aliphatic rings. The number of nitrogens with one attached hydrogen (secondary N) is 2. The van der Waals surface area contributed by atoms with Crippen LogP contribution in [0.4, 0.5) is 11.4 Å². The van der Waals surface area contributed by atoms with Crippen LogP contribution in [0.2, 0.25) is 0 Å².